The molecule has 2 atom stereocenters. The van der Waals surface area contributed by atoms with E-state index in [-0.39, 0.29) is 6.29 Å². The topological polar surface area (TPSA) is 38.7 Å². The fourth-order valence-corrected chi connectivity index (χ4v) is 0.895. The van der Waals surface area contributed by atoms with E-state index in [4.69, 9.17) is 14.6 Å². The molecule has 3 heteroatoms. The zero-order valence-corrected chi connectivity index (χ0v) is 8.25. The number of aliphatic hydroxyl groups is 1. The van der Waals surface area contributed by atoms with E-state index in [2.05, 4.69) is 6.92 Å². The summed E-state index contributed by atoms with van der Waals surface area (Å²) in [5.74, 6) is 0. The summed E-state index contributed by atoms with van der Waals surface area (Å²) in [6, 6.07) is 0. The molecule has 2 unspecified atom stereocenters. The highest BCUT2D eigenvalue weighted by Gasteiger charge is 2.09. The first kappa shape index (κ1) is 11.9. The van der Waals surface area contributed by atoms with Crippen LogP contribution in [0.1, 0.15) is 40.0 Å². The van der Waals surface area contributed by atoms with Crippen molar-refractivity contribution in [1.82, 2.24) is 0 Å². The van der Waals surface area contributed by atoms with E-state index in [1.165, 1.54) is 0 Å². The lowest BCUT2D eigenvalue weighted by Crippen LogP contribution is -2.22. The van der Waals surface area contributed by atoms with Gasteiger partial charge in [-0.05, 0) is 19.8 Å². The van der Waals surface area contributed by atoms with Gasteiger partial charge in [0.05, 0.1) is 0 Å². The number of hydrogen-bond acceptors (Lipinski definition) is 3. The third kappa shape index (κ3) is 6.58. The Balaban J connectivity index is 3.54. The molecule has 0 aliphatic heterocycles. The quantitative estimate of drug-likeness (QED) is 0.602. The molecule has 1 N–H and O–H groups in total. The van der Waals surface area contributed by atoms with Crippen molar-refractivity contribution >= 4 is 0 Å². The normalized spacial score (nSPS) is 16.0. The Labute approximate surface area is 74.7 Å². The van der Waals surface area contributed by atoms with Gasteiger partial charge in [-0.2, -0.15) is 0 Å². The van der Waals surface area contributed by atoms with E-state index in [0.29, 0.717) is 6.61 Å². The molecule has 0 radical (unpaired) electrons. The summed E-state index contributed by atoms with van der Waals surface area (Å²) in [5.41, 5.74) is 0. The Morgan fingerprint density at radius 1 is 1.25 bits per heavy atom. The molecule has 0 bridgehead atoms. The Morgan fingerprint density at radius 3 is 2.33 bits per heavy atom. The fraction of sp³-hybridized carbons (Fsp3) is 1.00. The van der Waals surface area contributed by atoms with Crippen LogP contribution in [0.5, 0.6) is 0 Å². The smallest absolute Gasteiger partial charge is 0.160 e. The Kier molecular flexibility index (Phi) is 7.45. The summed E-state index contributed by atoms with van der Waals surface area (Å²) in [4.78, 5) is 0. The van der Waals surface area contributed by atoms with Gasteiger partial charge in [0, 0.05) is 6.61 Å². The largest absolute Gasteiger partial charge is 0.368 e. The van der Waals surface area contributed by atoms with Gasteiger partial charge in [0.25, 0.3) is 0 Å². The van der Waals surface area contributed by atoms with Crippen LogP contribution in [0.25, 0.3) is 0 Å². The van der Waals surface area contributed by atoms with E-state index in [0.717, 1.165) is 19.3 Å². The number of hydrogen-bond donors (Lipinski definition) is 1. The van der Waals surface area contributed by atoms with Gasteiger partial charge in [0.15, 0.2) is 12.6 Å². The Morgan fingerprint density at radius 2 is 1.92 bits per heavy atom. The zero-order valence-electron chi connectivity index (χ0n) is 8.25. The first-order chi connectivity index (χ1) is 5.70. The maximum atomic E-state index is 8.95. The maximum Gasteiger partial charge on any atom is 0.160 e. The van der Waals surface area contributed by atoms with Gasteiger partial charge in [-0.3, -0.25) is 0 Å². The summed E-state index contributed by atoms with van der Waals surface area (Å²) in [6.45, 7) is 6.40. The third-order valence-corrected chi connectivity index (χ3v) is 1.38. The van der Waals surface area contributed by atoms with Crippen LogP contribution in [0.15, 0.2) is 0 Å². The van der Waals surface area contributed by atoms with Crippen molar-refractivity contribution in [3.63, 3.8) is 0 Å². The second-order valence-corrected chi connectivity index (χ2v) is 2.82. The molecule has 0 amide bonds. The van der Waals surface area contributed by atoms with Crippen LogP contribution in [-0.4, -0.2) is 24.3 Å². The van der Waals surface area contributed by atoms with Gasteiger partial charge < -0.3 is 14.6 Å². The van der Waals surface area contributed by atoms with E-state index >= 15 is 0 Å². The second kappa shape index (κ2) is 7.53. The molecule has 0 aromatic heterocycles. The molecule has 0 aliphatic rings. The lowest BCUT2D eigenvalue weighted by Gasteiger charge is -2.19. The lowest BCUT2D eigenvalue weighted by molar-refractivity contribution is -0.223. The van der Waals surface area contributed by atoms with Crippen LogP contribution < -0.4 is 0 Å². The van der Waals surface area contributed by atoms with Gasteiger partial charge in [0.2, 0.25) is 0 Å². The van der Waals surface area contributed by atoms with Gasteiger partial charge >= 0.3 is 0 Å². The summed E-state index contributed by atoms with van der Waals surface area (Å²) in [6.07, 6.45) is 1.84. The van der Waals surface area contributed by atoms with E-state index in [9.17, 15) is 0 Å². The predicted octanol–water partition coefficient (Wildman–Crippen LogP) is 1.89. The van der Waals surface area contributed by atoms with E-state index in [1.54, 1.807) is 6.92 Å². The molecule has 0 saturated carbocycles. The molecular formula is C9H20O3. The Hall–Kier alpha value is -0.120. The highest BCUT2D eigenvalue weighted by molar-refractivity contribution is 4.44. The third-order valence-electron chi connectivity index (χ3n) is 1.38. The summed E-state index contributed by atoms with van der Waals surface area (Å²) >= 11 is 0. The predicted molar refractivity (Wildman–Crippen MR) is 47.7 cm³/mol. The lowest BCUT2D eigenvalue weighted by atomic mass is 10.3. The summed E-state index contributed by atoms with van der Waals surface area (Å²) in [5, 5.41) is 8.95. The number of ether oxygens (including phenoxy) is 2. The SMILES string of the molecule is CCCOC(CCC)OC(C)O. The van der Waals surface area contributed by atoms with Crippen LogP contribution >= 0.6 is 0 Å². The number of rotatable bonds is 7. The van der Waals surface area contributed by atoms with Crippen molar-refractivity contribution in [1.29, 1.82) is 0 Å². The minimum atomic E-state index is -0.738. The first-order valence-corrected chi connectivity index (χ1v) is 4.65. The molecule has 0 spiro atoms. The zero-order chi connectivity index (χ0) is 9.40. The van der Waals surface area contributed by atoms with Gasteiger partial charge in [-0.25, -0.2) is 0 Å². The van der Waals surface area contributed by atoms with Crippen molar-refractivity contribution in [3.8, 4) is 0 Å². The molecule has 74 valence electrons. The molecule has 0 aliphatic carbocycles. The molecule has 0 fully saturated rings. The van der Waals surface area contributed by atoms with E-state index in [1.807, 2.05) is 6.92 Å². The van der Waals surface area contributed by atoms with Crippen molar-refractivity contribution in [2.75, 3.05) is 6.61 Å². The molecule has 0 saturated heterocycles. The number of aliphatic hydroxyl groups excluding tert-OH is 1. The van der Waals surface area contributed by atoms with Gasteiger partial charge in [-0.15, -0.1) is 0 Å². The molecule has 3 nitrogen and oxygen atoms in total. The van der Waals surface area contributed by atoms with Gasteiger partial charge in [-0.1, -0.05) is 20.3 Å². The molecule has 0 rings (SSSR count). The van der Waals surface area contributed by atoms with Crippen molar-refractivity contribution < 1.29 is 14.6 Å². The fourth-order valence-electron chi connectivity index (χ4n) is 0.895. The van der Waals surface area contributed by atoms with Crippen LogP contribution in [0.4, 0.5) is 0 Å². The van der Waals surface area contributed by atoms with Crippen molar-refractivity contribution in [3.05, 3.63) is 0 Å². The average Bonchev–Trinajstić information content (AvgIpc) is 2.00. The van der Waals surface area contributed by atoms with Crippen molar-refractivity contribution in [2.45, 2.75) is 52.6 Å². The molecule has 0 aromatic carbocycles. The maximum absolute atomic E-state index is 8.95. The van der Waals surface area contributed by atoms with Crippen LogP contribution in [-0.2, 0) is 9.47 Å². The van der Waals surface area contributed by atoms with E-state index < -0.39 is 6.29 Å². The highest BCUT2D eigenvalue weighted by Crippen LogP contribution is 2.06. The van der Waals surface area contributed by atoms with Crippen LogP contribution in [0.3, 0.4) is 0 Å². The monoisotopic (exact) mass is 176 g/mol. The van der Waals surface area contributed by atoms with Gasteiger partial charge in [0.1, 0.15) is 0 Å². The van der Waals surface area contributed by atoms with Crippen LogP contribution in [0.2, 0.25) is 0 Å². The minimum absolute atomic E-state index is 0.241. The molecule has 0 aromatic rings. The van der Waals surface area contributed by atoms with Crippen molar-refractivity contribution in [2.24, 2.45) is 0 Å². The highest BCUT2D eigenvalue weighted by atomic mass is 16.7. The standard InChI is InChI=1S/C9H20O3/c1-4-6-9(11-7-5-2)12-8(3)10/h8-10H,4-7H2,1-3H3. The van der Waals surface area contributed by atoms with Crippen LogP contribution in [0, 0.1) is 0 Å². The summed E-state index contributed by atoms with van der Waals surface area (Å²) in [7, 11) is 0. The first-order valence-electron chi connectivity index (χ1n) is 4.65. The molecule has 12 heavy (non-hydrogen) atoms. The minimum Gasteiger partial charge on any atom is -0.368 e. The average molecular weight is 176 g/mol. The Bertz CT molecular complexity index is 93.8. The summed E-state index contributed by atoms with van der Waals surface area (Å²) < 4.78 is 10.5. The molecule has 0 heterocycles. The molecular weight excluding hydrogens is 156 g/mol. The second-order valence-electron chi connectivity index (χ2n) is 2.82.